The molecule has 1 rings (SSSR count). The van der Waals surface area contributed by atoms with Gasteiger partial charge < -0.3 is 10.2 Å². The van der Waals surface area contributed by atoms with Gasteiger partial charge in [-0.15, -0.1) is 0 Å². The van der Waals surface area contributed by atoms with Gasteiger partial charge in [-0.1, -0.05) is 6.92 Å². The Hall–Kier alpha value is -1.51. The Morgan fingerprint density at radius 3 is 2.50 bits per heavy atom. The van der Waals surface area contributed by atoms with Crippen molar-refractivity contribution in [2.45, 2.75) is 13.3 Å². The summed E-state index contributed by atoms with van der Waals surface area (Å²) in [6.45, 7) is 3.10. The average Bonchev–Trinajstić information content (AvgIpc) is 2.26. The van der Waals surface area contributed by atoms with Gasteiger partial charge >= 0.3 is 0 Å². The number of anilines is 2. The average molecular weight is 192 g/mol. The molecule has 0 spiro atoms. The highest BCUT2D eigenvalue weighted by Gasteiger charge is 1.97. The number of nitrogens with zero attached hydrogens (tertiary/aromatic N) is 1. The fourth-order valence-corrected chi connectivity index (χ4v) is 1.14. The minimum atomic E-state index is 0.800. The van der Waals surface area contributed by atoms with E-state index in [9.17, 15) is 4.79 Å². The zero-order chi connectivity index (χ0) is 10.4. The zero-order valence-electron chi connectivity index (χ0n) is 8.66. The highest BCUT2D eigenvalue weighted by atomic mass is 16.1. The lowest BCUT2D eigenvalue weighted by molar-refractivity contribution is -0.107. The van der Waals surface area contributed by atoms with E-state index in [0.717, 1.165) is 30.8 Å². The van der Waals surface area contributed by atoms with Crippen molar-refractivity contribution in [1.82, 2.24) is 0 Å². The van der Waals surface area contributed by atoms with Crippen LogP contribution in [0.2, 0.25) is 0 Å². The van der Waals surface area contributed by atoms with Crippen LogP contribution >= 0.6 is 0 Å². The van der Waals surface area contributed by atoms with Gasteiger partial charge in [0.05, 0.1) is 0 Å². The van der Waals surface area contributed by atoms with Crippen molar-refractivity contribution in [1.29, 1.82) is 0 Å². The molecule has 1 aromatic carbocycles. The molecule has 1 aromatic rings. The fraction of sp³-hybridized carbons (Fsp3) is 0.364. The van der Waals surface area contributed by atoms with Crippen molar-refractivity contribution in [2.24, 2.45) is 0 Å². The minimum absolute atomic E-state index is 0.800. The number of carbonyl (C=O) groups excluding carboxylic acids is 1. The Bertz CT molecular complexity index is 282. The molecule has 0 heterocycles. The number of hydrogen-bond donors (Lipinski definition) is 1. The van der Waals surface area contributed by atoms with Crippen LogP contribution in [-0.4, -0.2) is 20.0 Å². The van der Waals surface area contributed by atoms with Crippen LogP contribution in [-0.2, 0) is 4.79 Å². The Labute approximate surface area is 84.7 Å². The van der Waals surface area contributed by atoms with Crippen LogP contribution in [0.5, 0.6) is 0 Å². The van der Waals surface area contributed by atoms with Crippen molar-refractivity contribution < 1.29 is 4.79 Å². The summed E-state index contributed by atoms with van der Waals surface area (Å²) in [6, 6.07) is 7.80. The van der Waals surface area contributed by atoms with Gasteiger partial charge in [0.1, 0.15) is 0 Å². The first kappa shape index (κ1) is 10.6. The standard InChI is InChI=1S/C11H16N2O/c1-3-8-12-10-4-6-11(7-5-10)13(2)9-14/h4-7,9,12H,3,8H2,1-2H3. The lowest BCUT2D eigenvalue weighted by Crippen LogP contribution is -2.13. The molecule has 0 saturated carbocycles. The predicted octanol–water partition coefficient (Wildman–Crippen LogP) is 2.10. The fourth-order valence-electron chi connectivity index (χ4n) is 1.14. The molecule has 0 atom stereocenters. The van der Waals surface area contributed by atoms with Crippen molar-refractivity contribution in [3.05, 3.63) is 24.3 Å². The van der Waals surface area contributed by atoms with Crippen LogP contribution in [0.3, 0.4) is 0 Å². The van der Waals surface area contributed by atoms with Gasteiger partial charge in [0.15, 0.2) is 0 Å². The molecular weight excluding hydrogens is 176 g/mol. The van der Waals surface area contributed by atoms with Gasteiger partial charge in [-0.2, -0.15) is 0 Å². The molecule has 0 aliphatic carbocycles. The maximum Gasteiger partial charge on any atom is 0.213 e. The molecule has 0 aliphatic heterocycles. The Kier molecular flexibility index (Phi) is 3.98. The minimum Gasteiger partial charge on any atom is -0.385 e. The van der Waals surface area contributed by atoms with Gasteiger partial charge in [-0.25, -0.2) is 0 Å². The summed E-state index contributed by atoms with van der Waals surface area (Å²) in [4.78, 5) is 12.0. The first-order chi connectivity index (χ1) is 6.77. The second-order valence-electron chi connectivity index (χ2n) is 3.19. The maximum absolute atomic E-state index is 10.5. The van der Waals surface area contributed by atoms with Crippen LogP contribution < -0.4 is 10.2 Å². The third-order valence-electron chi connectivity index (χ3n) is 2.01. The molecule has 0 unspecified atom stereocenters. The molecule has 0 saturated heterocycles. The smallest absolute Gasteiger partial charge is 0.213 e. The molecular formula is C11H16N2O. The predicted molar refractivity (Wildman–Crippen MR) is 59.7 cm³/mol. The third kappa shape index (κ3) is 2.76. The van der Waals surface area contributed by atoms with E-state index in [4.69, 9.17) is 0 Å². The van der Waals surface area contributed by atoms with Crippen LogP contribution in [0.15, 0.2) is 24.3 Å². The molecule has 14 heavy (non-hydrogen) atoms. The van der Waals surface area contributed by atoms with E-state index in [0.29, 0.717) is 0 Å². The second kappa shape index (κ2) is 5.27. The first-order valence-corrected chi connectivity index (χ1v) is 4.80. The van der Waals surface area contributed by atoms with Crippen LogP contribution in [0.1, 0.15) is 13.3 Å². The SMILES string of the molecule is CCCNc1ccc(N(C)C=O)cc1. The number of benzene rings is 1. The molecule has 3 nitrogen and oxygen atoms in total. The summed E-state index contributed by atoms with van der Waals surface area (Å²) >= 11 is 0. The largest absolute Gasteiger partial charge is 0.385 e. The molecule has 3 heteroatoms. The lowest BCUT2D eigenvalue weighted by atomic mass is 10.2. The molecule has 0 aliphatic rings. The Balaban J connectivity index is 2.63. The number of nitrogens with one attached hydrogen (secondary N) is 1. The van der Waals surface area contributed by atoms with E-state index < -0.39 is 0 Å². The van der Waals surface area contributed by atoms with Crippen LogP contribution in [0.4, 0.5) is 11.4 Å². The molecule has 0 aromatic heterocycles. The van der Waals surface area contributed by atoms with Crippen molar-refractivity contribution in [3.63, 3.8) is 0 Å². The summed E-state index contributed by atoms with van der Waals surface area (Å²) in [5, 5.41) is 3.27. The number of hydrogen-bond acceptors (Lipinski definition) is 2. The monoisotopic (exact) mass is 192 g/mol. The quantitative estimate of drug-likeness (QED) is 0.724. The molecule has 0 fully saturated rings. The van der Waals surface area contributed by atoms with E-state index in [1.165, 1.54) is 0 Å². The lowest BCUT2D eigenvalue weighted by Gasteiger charge is -2.11. The summed E-state index contributed by atoms with van der Waals surface area (Å²) in [6.07, 6.45) is 1.91. The molecule has 0 bridgehead atoms. The van der Waals surface area contributed by atoms with E-state index in [2.05, 4.69) is 12.2 Å². The first-order valence-electron chi connectivity index (χ1n) is 4.80. The van der Waals surface area contributed by atoms with Crippen LogP contribution in [0.25, 0.3) is 0 Å². The normalized spacial score (nSPS) is 9.57. The van der Waals surface area contributed by atoms with Gasteiger partial charge in [-0.3, -0.25) is 4.79 Å². The maximum atomic E-state index is 10.5. The highest BCUT2D eigenvalue weighted by Crippen LogP contribution is 2.15. The summed E-state index contributed by atoms with van der Waals surface area (Å²) < 4.78 is 0. The topological polar surface area (TPSA) is 32.3 Å². The molecule has 0 radical (unpaired) electrons. The van der Waals surface area contributed by atoms with Crippen molar-refractivity contribution in [3.8, 4) is 0 Å². The highest BCUT2D eigenvalue weighted by molar-refractivity contribution is 5.74. The van der Waals surface area contributed by atoms with Gasteiger partial charge in [0, 0.05) is 25.0 Å². The van der Waals surface area contributed by atoms with E-state index in [1.807, 2.05) is 24.3 Å². The van der Waals surface area contributed by atoms with Crippen LogP contribution in [0, 0.1) is 0 Å². The number of carbonyl (C=O) groups is 1. The van der Waals surface area contributed by atoms with E-state index in [-0.39, 0.29) is 0 Å². The molecule has 76 valence electrons. The second-order valence-corrected chi connectivity index (χ2v) is 3.19. The van der Waals surface area contributed by atoms with Gasteiger partial charge in [0.2, 0.25) is 6.41 Å². The molecule has 1 N–H and O–H groups in total. The summed E-state index contributed by atoms with van der Waals surface area (Å²) in [7, 11) is 1.74. The van der Waals surface area contributed by atoms with Gasteiger partial charge in [-0.05, 0) is 30.7 Å². The summed E-state index contributed by atoms with van der Waals surface area (Å²) in [5.74, 6) is 0. The Morgan fingerprint density at radius 2 is 2.00 bits per heavy atom. The van der Waals surface area contributed by atoms with Crippen molar-refractivity contribution >= 4 is 17.8 Å². The van der Waals surface area contributed by atoms with E-state index in [1.54, 1.807) is 11.9 Å². The third-order valence-corrected chi connectivity index (χ3v) is 2.01. The molecule has 1 amide bonds. The number of rotatable bonds is 5. The summed E-state index contributed by atoms with van der Waals surface area (Å²) in [5.41, 5.74) is 2.00. The zero-order valence-corrected chi connectivity index (χ0v) is 8.66. The number of amides is 1. The van der Waals surface area contributed by atoms with Gasteiger partial charge in [0.25, 0.3) is 0 Å². The van der Waals surface area contributed by atoms with E-state index >= 15 is 0 Å². The van der Waals surface area contributed by atoms with Crippen molar-refractivity contribution in [2.75, 3.05) is 23.8 Å². The Morgan fingerprint density at radius 1 is 1.36 bits per heavy atom.